The molecule has 102 valence electrons. The molecule has 3 nitrogen and oxygen atoms in total. The number of carboxylic acid groups (broad SMARTS) is 1. The monoisotopic (exact) mass is 272 g/mol. The highest BCUT2D eigenvalue weighted by Crippen LogP contribution is 2.21. The molecular formula is C16H13FO3. The zero-order chi connectivity index (χ0) is 14.4. The molecule has 0 atom stereocenters. The summed E-state index contributed by atoms with van der Waals surface area (Å²) in [6.07, 6.45) is 2.48. The van der Waals surface area contributed by atoms with Crippen LogP contribution in [0.5, 0.6) is 5.75 Å². The van der Waals surface area contributed by atoms with Crippen molar-refractivity contribution in [2.75, 3.05) is 0 Å². The van der Waals surface area contributed by atoms with Gasteiger partial charge in [0.25, 0.3) is 0 Å². The smallest absolute Gasteiger partial charge is 0.328 e. The van der Waals surface area contributed by atoms with Crippen LogP contribution in [0.25, 0.3) is 6.08 Å². The van der Waals surface area contributed by atoms with E-state index in [2.05, 4.69) is 0 Å². The lowest BCUT2D eigenvalue weighted by molar-refractivity contribution is -0.131. The molecule has 0 saturated carbocycles. The molecule has 0 saturated heterocycles. The second kappa shape index (κ2) is 6.52. The molecule has 0 fully saturated rings. The van der Waals surface area contributed by atoms with E-state index in [0.717, 1.165) is 6.08 Å². The molecule has 0 aliphatic rings. The Hall–Kier alpha value is -2.62. The molecule has 2 aromatic rings. The maximum absolute atomic E-state index is 13.5. The SMILES string of the molecule is O=C(O)/C=C/c1ccccc1OCc1ccccc1F. The van der Waals surface area contributed by atoms with Crippen molar-refractivity contribution in [1.29, 1.82) is 0 Å². The van der Waals surface area contributed by atoms with Gasteiger partial charge in [-0.2, -0.15) is 0 Å². The largest absolute Gasteiger partial charge is 0.488 e. The Labute approximate surface area is 115 Å². The second-order valence-electron chi connectivity index (χ2n) is 4.09. The summed E-state index contributed by atoms with van der Waals surface area (Å²) in [6, 6.07) is 13.4. The van der Waals surface area contributed by atoms with Gasteiger partial charge < -0.3 is 9.84 Å². The molecule has 0 amide bonds. The molecule has 4 heteroatoms. The van der Waals surface area contributed by atoms with Gasteiger partial charge in [-0.15, -0.1) is 0 Å². The lowest BCUT2D eigenvalue weighted by Gasteiger charge is -2.09. The summed E-state index contributed by atoms with van der Waals surface area (Å²) >= 11 is 0. The summed E-state index contributed by atoms with van der Waals surface area (Å²) in [5.41, 5.74) is 1.08. The van der Waals surface area contributed by atoms with E-state index in [0.29, 0.717) is 16.9 Å². The van der Waals surface area contributed by atoms with Crippen molar-refractivity contribution in [2.45, 2.75) is 6.61 Å². The molecule has 0 aliphatic heterocycles. The van der Waals surface area contributed by atoms with E-state index in [-0.39, 0.29) is 12.4 Å². The van der Waals surface area contributed by atoms with Crippen LogP contribution in [0, 0.1) is 5.82 Å². The number of carboxylic acids is 1. The summed E-state index contributed by atoms with van der Waals surface area (Å²) < 4.78 is 19.0. The maximum atomic E-state index is 13.5. The predicted molar refractivity (Wildman–Crippen MR) is 73.8 cm³/mol. The van der Waals surface area contributed by atoms with Gasteiger partial charge in [0.2, 0.25) is 0 Å². The topological polar surface area (TPSA) is 46.5 Å². The van der Waals surface area contributed by atoms with E-state index in [1.54, 1.807) is 42.5 Å². The third-order valence-corrected chi connectivity index (χ3v) is 2.67. The van der Waals surface area contributed by atoms with Crippen LogP contribution in [0.2, 0.25) is 0 Å². The van der Waals surface area contributed by atoms with E-state index in [4.69, 9.17) is 9.84 Å². The fourth-order valence-corrected chi connectivity index (χ4v) is 1.68. The molecule has 0 radical (unpaired) electrons. The molecule has 0 unspecified atom stereocenters. The van der Waals surface area contributed by atoms with Gasteiger partial charge in [-0.05, 0) is 18.2 Å². The Morgan fingerprint density at radius 2 is 1.85 bits per heavy atom. The lowest BCUT2D eigenvalue weighted by atomic mass is 10.2. The summed E-state index contributed by atoms with van der Waals surface area (Å²) in [5, 5.41) is 8.63. The van der Waals surface area contributed by atoms with Crippen molar-refractivity contribution >= 4 is 12.0 Å². The highest BCUT2D eigenvalue weighted by Gasteiger charge is 2.04. The Balaban J connectivity index is 2.14. The number of ether oxygens (including phenoxy) is 1. The number of hydrogen-bond acceptors (Lipinski definition) is 2. The van der Waals surface area contributed by atoms with Crippen molar-refractivity contribution < 1.29 is 19.0 Å². The van der Waals surface area contributed by atoms with Crippen LogP contribution in [-0.4, -0.2) is 11.1 Å². The Kier molecular flexibility index (Phi) is 4.50. The summed E-state index contributed by atoms with van der Waals surface area (Å²) in [4.78, 5) is 10.5. The van der Waals surface area contributed by atoms with Crippen LogP contribution >= 0.6 is 0 Å². The van der Waals surface area contributed by atoms with Crippen LogP contribution in [-0.2, 0) is 11.4 Å². The number of aliphatic carboxylic acids is 1. The van der Waals surface area contributed by atoms with E-state index < -0.39 is 5.97 Å². The van der Waals surface area contributed by atoms with Gasteiger partial charge in [0.1, 0.15) is 18.2 Å². The first-order chi connectivity index (χ1) is 9.66. The third-order valence-electron chi connectivity index (χ3n) is 2.67. The van der Waals surface area contributed by atoms with E-state index in [1.807, 2.05) is 0 Å². The van der Waals surface area contributed by atoms with Crippen molar-refractivity contribution in [2.24, 2.45) is 0 Å². The predicted octanol–water partition coefficient (Wildman–Crippen LogP) is 3.50. The second-order valence-corrected chi connectivity index (χ2v) is 4.09. The number of para-hydroxylation sites is 1. The Bertz CT molecular complexity index is 635. The molecule has 0 spiro atoms. The van der Waals surface area contributed by atoms with Crippen molar-refractivity contribution in [3.63, 3.8) is 0 Å². The minimum Gasteiger partial charge on any atom is -0.488 e. The molecule has 0 aromatic heterocycles. The molecule has 2 aromatic carbocycles. The van der Waals surface area contributed by atoms with Crippen LogP contribution in [0.3, 0.4) is 0 Å². The highest BCUT2D eigenvalue weighted by atomic mass is 19.1. The number of rotatable bonds is 5. The Morgan fingerprint density at radius 1 is 1.15 bits per heavy atom. The van der Waals surface area contributed by atoms with Gasteiger partial charge in [0.15, 0.2) is 0 Å². The molecule has 0 aliphatic carbocycles. The standard InChI is InChI=1S/C16H13FO3/c17-14-7-3-1-6-13(14)11-20-15-8-4-2-5-12(15)9-10-16(18)19/h1-10H,11H2,(H,18,19)/b10-9+. The van der Waals surface area contributed by atoms with E-state index in [1.165, 1.54) is 12.1 Å². The summed E-state index contributed by atoms with van der Waals surface area (Å²) in [6.45, 7) is 0.0879. The lowest BCUT2D eigenvalue weighted by Crippen LogP contribution is -1.99. The average molecular weight is 272 g/mol. The van der Waals surface area contributed by atoms with Crippen LogP contribution in [0.4, 0.5) is 4.39 Å². The van der Waals surface area contributed by atoms with Gasteiger partial charge in [-0.1, -0.05) is 36.4 Å². The van der Waals surface area contributed by atoms with Gasteiger partial charge in [-0.25, -0.2) is 9.18 Å². The zero-order valence-corrected chi connectivity index (χ0v) is 10.6. The minimum atomic E-state index is -1.03. The highest BCUT2D eigenvalue weighted by molar-refractivity contribution is 5.85. The van der Waals surface area contributed by atoms with Gasteiger partial charge in [0, 0.05) is 17.2 Å². The molecule has 2 rings (SSSR count). The molecule has 0 bridgehead atoms. The molecule has 1 N–H and O–H groups in total. The first-order valence-electron chi connectivity index (χ1n) is 6.03. The third kappa shape index (κ3) is 3.68. The van der Waals surface area contributed by atoms with Gasteiger partial charge in [-0.3, -0.25) is 0 Å². The number of benzene rings is 2. The van der Waals surface area contributed by atoms with Crippen LogP contribution in [0.15, 0.2) is 54.6 Å². The van der Waals surface area contributed by atoms with Crippen molar-refractivity contribution in [3.05, 3.63) is 71.6 Å². The summed E-state index contributed by atoms with van der Waals surface area (Å²) in [5.74, 6) is -0.854. The maximum Gasteiger partial charge on any atom is 0.328 e. The minimum absolute atomic E-state index is 0.0879. The van der Waals surface area contributed by atoms with Crippen molar-refractivity contribution in [1.82, 2.24) is 0 Å². The molecular weight excluding hydrogens is 259 g/mol. The van der Waals surface area contributed by atoms with E-state index in [9.17, 15) is 9.18 Å². The fraction of sp³-hybridized carbons (Fsp3) is 0.0625. The van der Waals surface area contributed by atoms with E-state index >= 15 is 0 Å². The number of hydrogen-bond donors (Lipinski definition) is 1. The summed E-state index contributed by atoms with van der Waals surface area (Å²) in [7, 11) is 0. The van der Waals surface area contributed by atoms with Gasteiger partial charge in [0.05, 0.1) is 0 Å². The average Bonchev–Trinajstić information content (AvgIpc) is 2.45. The normalized spacial score (nSPS) is 10.7. The first kappa shape index (κ1) is 13.8. The Morgan fingerprint density at radius 3 is 2.60 bits per heavy atom. The van der Waals surface area contributed by atoms with Crippen LogP contribution in [0.1, 0.15) is 11.1 Å². The van der Waals surface area contributed by atoms with Crippen LogP contribution < -0.4 is 4.74 Å². The first-order valence-corrected chi connectivity index (χ1v) is 6.03. The quantitative estimate of drug-likeness (QED) is 0.847. The van der Waals surface area contributed by atoms with Crippen molar-refractivity contribution in [3.8, 4) is 5.75 Å². The van der Waals surface area contributed by atoms with Gasteiger partial charge >= 0.3 is 5.97 Å². The molecule has 20 heavy (non-hydrogen) atoms. The zero-order valence-electron chi connectivity index (χ0n) is 10.6. The number of carbonyl (C=O) groups is 1. The molecule has 0 heterocycles. The number of halogens is 1. The fourth-order valence-electron chi connectivity index (χ4n) is 1.68.